The fraction of sp³-hybridized carbons (Fsp3) is 0.158. The van der Waals surface area contributed by atoms with Gasteiger partial charge in [-0.1, -0.05) is 24.3 Å². The summed E-state index contributed by atoms with van der Waals surface area (Å²) < 4.78 is 7.10. The van der Waals surface area contributed by atoms with Crippen LogP contribution in [0.4, 0.5) is 0 Å². The van der Waals surface area contributed by atoms with Crippen LogP contribution in [0.2, 0.25) is 0 Å². The van der Waals surface area contributed by atoms with Crippen molar-refractivity contribution in [1.29, 1.82) is 5.26 Å². The number of ether oxygens (including phenoxy) is 1. The van der Waals surface area contributed by atoms with Crippen LogP contribution in [0.15, 0.2) is 61.2 Å². The molecule has 7 heteroatoms. The maximum atomic E-state index is 12.1. The smallest absolute Gasteiger partial charge is 0.258 e. The van der Waals surface area contributed by atoms with Crippen LogP contribution in [0, 0.1) is 11.3 Å². The van der Waals surface area contributed by atoms with E-state index in [0.717, 1.165) is 11.3 Å². The largest absolute Gasteiger partial charge is 0.482 e. The molecule has 0 bridgehead atoms. The molecule has 1 heterocycles. The number of carbonyl (C=O) groups is 1. The molecular weight excluding hydrogens is 330 g/mol. The highest BCUT2D eigenvalue weighted by molar-refractivity contribution is 5.78. The Morgan fingerprint density at radius 1 is 1.27 bits per heavy atom. The number of nitrogens with zero attached hydrogens (tertiary/aromatic N) is 4. The summed E-state index contributed by atoms with van der Waals surface area (Å²) in [6.07, 6.45) is 3.10. The maximum absolute atomic E-state index is 12.1. The van der Waals surface area contributed by atoms with Crippen LogP contribution in [0.5, 0.6) is 5.75 Å². The van der Waals surface area contributed by atoms with Gasteiger partial charge in [0, 0.05) is 0 Å². The second-order valence-electron chi connectivity index (χ2n) is 5.62. The molecule has 1 N–H and O–H groups in total. The Labute approximate surface area is 150 Å². The number of nitrogens with one attached hydrogen (secondary N) is 1. The van der Waals surface area contributed by atoms with Crippen molar-refractivity contribution in [2.24, 2.45) is 0 Å². The van der Waals surface area contributed by atoms with Gasteiger partial charge in [-0.2, -0.15) is 10.4 Å². The lowest BCUT2D eigenvalue weighted by Crippen LogP contribution is -2.31. The SMILES string of the molecule is CC(NC(=O)COc1ccccc1C#N)c1ccc(-n2cncn2)cc1. The van der Waals surface area contributed by atoms with Gasteiger partial charge in [0.25, 0.3) is 5.91 Å². The van der Waals surface area contributed by atoms with Gasteiger partial charge in [0.2, 0.25) is 0 Å². The van der Waals surface area contributed by atoms with Crippen molar-refractivity contribution >= 4 is 5.91 Å². The second-order valence-corrected chi connectivity index (χ2v) is 5.62. The summed E-state index contributed by atoms with van der Waals surface area (Å²) in [6.45, 7) is 1.74. The molecule has 3 rings (SSSR count). The Morgan fingerprint density at radius 2 is 2.04 bits per heavy atom. The van der Waals surface area contributed by atoms with Crippen molar-refractivity contribution in [1.82, 2.24) is 20.1 Å². The third-order valence-corrected chi connectivity index (χ3v) is 3.82. The topological polar surface area (TPSA) is 92.8 Å². The first-order chi connectivity index (χ1) is 12.7. The van der Waals surface area contributed by atoms with Crippen LogP contribution in [-0.4, -0.2) is 27.3 Å². The highest BCUT2D eigenvalue weighted by Crippen LogP contribution is 2.17. The van der Waals surface area contributed by atoms with Gasteiger partial charge >= 0.3 is 0 Å². The summed E-state index contributed by atoms with van der Waals surface area (Å²) >= 11 is 0. The first kappa shape index (κ1) is 17.2. The summed E-state index contributed by atoms with van der Waals surface area (Å²) in [4.78, 5) is 16.0. The minimum absolute atomic E-state index is 0.153. The average molecular weight is 347 g/mol. The molecule has 0 saturated heterocycles. The fourth-order valence-corrected chi connectivity index (χ4v) is 2.45. The molecule has 1 aromatic heterocycles. The Balaban J connectivity index is 1.56. The van der Waals surface area contributed by atoms with E-state index in [0.29, 0.717) is 11.3 Å². The average Bonchev–Trinajstić information content (AvgIpc) is 3.21. The van der Waals surface area contributed by atoms with E-state index in [1.807, 2.05) is 37.3 Å². The van der Waals surface area contributed by atoms with Gasteiger partial charge in [0.15, 0.2) is 6.61 Å². The molecule has 0 spiro atoms. The van der Waals surface area contributed by atoms with E-state index in [1.165, 1.54) is 6.33 Å². The molecule has 0 aliphatic heterocycles. The van der Waals surface area contributed by atoms with Crippen molar-refractivity contribution in [3.63, 3.8) is 0 Å². The monoisotopic (exact) mass is 347 g/mol. The third kappa shape index (κ3) is 4.05. The summed E-state index contributed by atoms with van der Waals surface area (Å²) in [5.74, 6) is 0.139. The molecule has 1 atom stereocenters. The normalized spacial score (nSPS) is 11.4. The van der Waals surface area contributed by atoms with E-state index < -0.39 is 0 Å². The number of hydrogen-bond acceptors (Lipinski definition) is 5. The summed E-state index contributed by atoms with van der Waals surface area (Å²) in [5.41, 5.74) is 2.25. The molecule has 26 heavy (non-hydrogen) atoms. The van der Waals surface area contributed by atoms with Gasteiger partial charge in [-0.25, -0.2) is 9.67 Å². The van der Waals surface area contributed by atoms with Crippen LogP contribution in [0.25, 0.3) is 5.69 Å². The summed E-state index contributed by atoms with van der Waals surface area (Å²) in [5, 5.41) is 16.0. The second kappa shape index (κ2) is 7.94. The quantitative estimate of drug-likeness (QED) is 0.739. The van der Waals surface area contributed by atoms with Crippen LogP contribution in [0.1, 0.15) is 24.1 Å². The van der Waals surface area contributed by atoms with Crippen molar-refractivity contribution in [3.8, 4) is 17.5 Å². The summed E-state index contributed by atoms with van der Waals surface area (Å²) in [7, 11) is 0. The van der Waals surface area contributed by atoms with Crippen LogP contribution >= 0.6 is 0 Å². The van der Waals surface area contributed by atoms with Gasteiger partial charge in [-0.3, -0.25) is 4.79 Å². The molecular formula is C19H17N5O2. The summed E-state index contributed by atoms with van der Waals surface area (Å²) in [6, 6.07) is 16.3. The van der Waals surface area contributed by atoms with E-state index in [1.54, 1.807) is 35.3 Å². The van der Waals surface area contributed by atoms with E-state index in [9.17, 15) is 4.79 Å². The van der Waals surface area contributed by atoms with Gasteiger partial charge in [-0.15, -0.1) is 0 Å². The van der Waals surface area contributed by atoms with Crippen LogP contribution in [-0.2, 0) is 4.79 Å². The first-order valence-corrected chi connectivity index (χ1v) is 8.03. The van der Waals surface area contributed by atoms with Crippen LogP contribution < -0.4 is 10.1 Å². The van der Waals surface area contributed by atoms with Crippen molar-refractivity contribution < 1.29 is 9.53 Å². The zero-order chi connectivity index (χ0) is 18.4. The highest BCUT2D eigenvalue weighted by atomic mass is 16.5. The predicted octanol–water partition coefficient (Wildman–Crippen LogP) is 2.40. The first-order valence-electron chi connectivity index (χ1n) is 8.03. The number of nitriles is 1. The molecule has 2 aromatic carbocycles. The Morgan fingerprint density at radius 3 is 2.73 bits per heavy atom. The zero-order valence-electron chi connectivity index (χ0n) is 14.2. The predicted molar refractivity (Wildman–Crippen MR) is 94.6 cm³/mol. The number of benzene rings is 2. The molecule has 3 aromatic rings. The number of rotatable bonds is 6. The van der Waals surface area contributed by atoms with Gasteiger partial charge in [0.1, 0.15) is 24.5 Å². The van der Waals surface area contributed by atoms with Gasteiger partial charge in [0.05, 0.1) is 17.3 Å². The molecule has 0 aliphatic rings. The van der Waals surface area contributed by atoms with Crippen molar-refractivity contribution in [2.45, 2.75) is 13.0 Å². The Bertz CT molecular complexity index is 914. The molecule has 0 saturated carbocycles. The molecule has 1 unspecified atom stereocenters. The van der Waals surface area contributed by atoms with E-state index in [2.05, 4.69) is 15.4 Å². The molecule has 1 amide bonds. The number of amides is 1. The van der Waals surface area contributed by atoms with E-state index in [-0.39, 0.29) is 18.6 Å². The minimum atomic E-state index is -0.259. The lowest BCUT2D eigenvalue weighted by molar-refractivity contribution is -0.123. The molecule has 0 fully saturated rings. The number of para-hydroxylation sites is 1. The highest BCUT2D eigenvalue weighted by Gasteiger charge is 2.11. The van der Waals surface area contributed by atoms with E-state index >= 15 is 0 Å². The number of hydrogen-bond donors (Lipinski definition) is 1. The van der Waals surface area contributed by atoms with E-state index in [4.69, 9.17) is 10.00 Å². The van der Waals surface area contributed by atoms with Gasteiger partial charge in [-0.05, 0) is 36.8 Å². The van der Waals surface area contributed by atoms with Gasteiger partial charge < -0.3 is 10.1 Å². The molecule has 7 nitrogen and oxygen atoms in total. The van der Waals surface area contributed by atoms with Crippen molar-refractivity contribution in [2.75, 3.05) is 6.61 Å². The van der Waals surface area contributed by atoms with Crippen molar-refractivity contribution in [3.05, 3.63) is 72.3 Å². The Kier molecular flexibility index (Phi) is 5.25. The lowest BCUT2D eigenvalue weighted by atomic mass is 10.1. The lowest BCUT2D eigenvalue weighted by Gasteiger charge is -2.15. The standard InChI is InChI=1S/C19H17N5O2/c1-14(15-6-8-17(9-7-15)24-13-21-12-22-24)23-19(25)11-26-18-5-3-2-4-16(18)10-20/h2-9,12-14H,11H2,1H3,(H,23,25). The number of aromatic nitrogens is 3. The maximum Gasteiger partial charge on any atom is 0.258 e. The van der Waals surface area contributed by atoms with Crippen LogP contribution in [0.3, 0.4) is 0 Å². The minimum Gasteiger partial charge on any atom is -0.482 e. The molecule has 0 aliphatic carbocycles. The zero-order valence-corrected chi connectivity index (χ0v) is 14.2. The molecule has 0 radical (unpaired) electrons. The molecule has 130 valence electrons. The number of carbonyl (C=O) groups excluding carboxylic acids is 1. The fourth-order valence-electron chi connectivity index (χ4n) is 2.45. The Hall–Kier alpha value is -3.66. The third-order valence-electron chi connectivity index (χ3n) is 3.82.